The molecule has 1 amide bonds. The average molecular weight is 281 g/mol. The Morgan fingerprint density at radius 1 is 1.26 bits per heavy atom. The Morgan fingerprint density at radius 2 is 1.89 bits per heavy atom. The highest BCUT2D eigenvalue weighted by atomic mass is 32.2. The summed E-state index contributed by atoms with van der Waals surface area (Å²) in [6.07, 6.45) is 1.25. The molecule has 5 heteroatoms. The maximum absolute atomic E-state index is 12.0. The lowest BCUT2D eigenvalue weighted by Crippen LogP contribution is -2.41. The van der Waals surface area contributed by atoms with Crippen molar-refractivity contribution < 1.29 is 13.7 Å². The number of hydrogen-bond donors (Lipinski definition) is 0. The van der Waals surface area contributed by atoms with Gasteiger partial charge >= 0.3 is 0 Å². The minimum absolute atomic E-state index is 0.160. The highest BCUT2D eigenvalue weighted by molar-refractivity contribution is 7.85. The zero-order chi connectivity index (χ0) is 13.7. The zero-order valence-corrected chi connectivity index (χ0v) is 11.9. The number of hydrogen-bond acceptors (Lipinski definition) is 3. The number of carbonyl (C=O) groups excluding carboxylic acids is 1. The van der Waals surface area contributed by atoms with Crippen LogP contribution in [0, 0.1) is 0 Å². The van der Waals surface area contributed by atoms with E-state index in [2.05, 4.69) is 0 Å². The van der Waals surface area contributed by atoms with Crippen molar-refractivity contribution in [2.45, 2.75) is 12.8 Å². The molecule has 0 spiro atoms. The van der Waals surface area contributed by atoms with Crippen LogP contribution < -0.4 is 4.74 Å². The maximum Gasteiger partial charge on any atom is 0.222 e. The molecule has 4 nitrogen and oxygen atoms in total. The smallest absolute Gasteiger partial charge is 0.222 e. The molecule has 1 saturated heterocycles. The van der Waals surface area contributed by atoms with Crippen molar-refractivity contribution in [1.82, 2.24) is 4.90 Å². The second kappa shape index (κ2) is 6.70. The fraction of sp³-hybridized carbons (Fsp3) is 0.500. The van der Waals surface area contributed by atoms with Crippen LogP contribution in [0.3, 0.4) is 0 Å². The Bertz CT molecular complexity index is 448. The highest BCUT2D eigenvalue weighted by Crippen LogP contribution is 2.13. The van der Waals surface area contributed by atoms with Gasteiger partial charge in [-0.25, -0.2) is 0 Å². The third-order valence-corrected chi connectivity index (χ3v) is 4.59. The molecule has 0 radical (unpaired) electrons. The van der Waals surface area contributed by atoms with Crippen LogP contribution in [0.5, 0.6) is 5.75 Å². The second-order valence-corrected chi connectivity index (χ2v) is 6.27. The molecular weight excluding hydrogens is 262 g/mol. The van der Waals surface area contributed by atoms with Crippen LogP contribution in [0.1, 0.15) is 12.0 Å². The van der Waals surface area contributed by atoms with Crippen molar-refractivity contribution in [2.75, 3.05) is 31.7 Å². The van der Waals surface area contributed by atoms with Gasteiger partial charge in [0.1, 0.15) is 5.75 Å². The molecule has 0 bridgehead atoms. The summed E-state index contributed by atoms with van der Waals surface area (Å²) in [7, 11) is 0.909. The lowest BCUT2D eigenvalue weighted by Gasteiger charge is -2.26. The number of carbonyl (C=O) groups is 1. The molecular formula is C14H19NO3S. The van der Waals surface area contributed by atoms with E-state index in [4.69, 9.17) is 4.74 Å². The summed E-state index contributed by atoms with van der Waals surface area (Å²) in [5, 5.41) is 0. The average Bonchev–Trinajstić information content (AvgIpc) is 2.46. The summed E-state index contributed by atoms with van der Waals surface area (Å²) >= 11 is 0. The normalized spacial score (nSPS) is 16.4. The summed E-state index contributed by atoms with van der Waals surface area (Å²) in [6, 6.07) is 7.78. The largest absolute Gasteiger partial charge is 0.497 e. The van der Waals surface area contributed by atoms with Crippen molar-refractivity contribution in [2.24, 2.45) is 0 Å². The molecule has 0 N–H and O–H groups in total. The predicted octanol–water partition coefficient (Wildman–Crippen LogP) is 1.22. The van der Waals surface area contributed by atoms with Crippen molar-refractivity contribution >= 4 is 16.7 Å². The SMILES string of the molecule is COc1ccc(CCC(=O)N2CCS(=O)CC2)cc1. The Balaban J connectivity index is 1.80. The van der Waals surface area contributed by atoms with E-state index in [1.807, 2.05) is 29.2 Å². The van der Waals surface area contributed by atoms with Crippen LogP contribution in [0.2, 0.25) is 0 Å². The third kappa shape index (κ3) is 4.06. The first-order valence-corrected chi connectivity index (χ1v) is 7.93. The number of ether oxygens (including phenoxy) is 1. The topological polar surface area (TPSA) is 46.6 Å². The molecule has 1 aliphatic heterocycles. The molecule has 0 aromatic heterocycles. The first kappa shape index (κ1) is 14.1. The Labute approximate surface area is 116 Å². The molecule has 0 aliphatic carbocycles. The van der Waals surface area contributed by atoms with Gasteiger partial charge in [-0.15, -0.1) is 0 Å². The Hall–Kier alpha value is -1.36. The minimum Gasteiger partial charge on any atom is -0.497 e. The van der Waals surface area contributed by atoms with Gasteiger partial charge in [-0.05, 0) is 24.1 Å². The van der Waals surface area contributed by atoms with Crippen LogP contribution >= 0.6 is 0 Å². The number of aryl methyl sites for hydroxylation is 1. The van der Waals surface area contributed by atoms with Gasteiger partial charge in [0.2, 0.25) is 5.91 Å². The van der Waals surface area contributed by atoms with Crippen LogP contribution in [-0.2, 0) is 22.0 Å². The van der Waals surface area contributed by atoms with Crippen molar-refractivity contribution in [3.8, 4) is 5.75 Å². The number of nitrogens with zero attached hydrogens (tertiary/aromatic N) is 1. The molecule has 2 rings (SSSR count). The molecule has 19 heavy (non-hydrogen) atoms. The van der Waals surface area contributed by atoms with Gasteiger partial charge in [-0.1, -0.05) is 12.1 Å². The molecule has 1 heterocycles. The number of amides is 1. The summed E-state index contributed by atoms with van der Waals surface area (Å²) in [5.74, 6) is 2.23. The van der Waals surface area contributed by atoms with Crippen LogP contribution in [0.4, 0.5) is 0 Å². The van der Waals surface area contributed by atoms with Crippen molar-refractivity contribution in [3.63, 3.8) is 0 Å². The first-order chi connectivity index (χ1) is 9.19. The van der Waals surface area contributed by atoms with Crippen molar-refractivity contribution in [3.05, 3.63) is 29.8 Å². The Morgan fingerprint density at radius 3 is 2.47 bits per heavy atom. The molecule has 1 fully saturated rings. The molecule has 1 aromatic carbocycles. The molecule has 0 unspecified atom stereocenters. The van der Waals surface area contributed by atoms with Gasteiger partial charge in [0.25, 0.3) is 0 Å². The van der Waals surface area contributed by atoms with Gasteiger partial charge in [0, 0.05) is 41.8 Å². The third-order valence-electron chi connectivity index (χ3n) is 3.32. The highest BCUT2D eigenvalue weighted by Gasteiger charge is 2.19. The van der Waals surface area contributed by atoms with E-state index in [9.17, 15) is 9.00 Å². The Kier molecular flexibility index (Phi) is 4.96. The standard InChI is InChI=1S/C14H19NO3S/c1-18-13-5-2-12(3-6-13)4-7-14(16)15-8-10-19(17)11-9-15/h2-3,5-6H,4,7-11H2,1H3. The fourth-order valence-corrected chi connectivity index (χ4v) is 3.14. The predicted molar refractivity (Wildman–Crippen MR) is 75.8 cm³/mol. The molecule has 1 aromatic rings. The van der Waals surface area contributed by atoms with Gasteiger partial charge in [-0.2, -0.15) is 0 Å². The van der Waals surface area contributed by atoms with Gasteiger partial charge in [0.05, 0.1) is 7.11 Å². The van der Waals surface area contributed by atoms with E-state index in [-0.39, 0.29) is 5.91 Å². The molecule has 0 atom stereocenters. The summed E-state index contributed by atoms with van der Waals surface area (Å²) < 4.78 is 16.3. The van der Waals surface area contributed by atoms with Gasteiger partial charge in [-0.3, -0.25) is 9.00 Å². The van der Waals surface area contributed by atoms with Crippen molar-refractivity contribution in [1.29, 1.82) is 0 Å². The lowest BCUT2D eigenvalue weighted by atomic mass is 10.1. The minimum atomic E-state index is -0.729. The monoisotopic (exact) mass is 281 g/mol. The molecule has 0 saturated carbocycles. The zero-order valence-electron chi connectivity index (χ0n) is 11.1. The van der Waals surface area contributed by atoms with E-state index in [0.717, 1.165) is 17.7 Å². The van der Waals surface area contributed by atoms with Crippen LogP contribution in [0.15, 0.2) is 24.3 Å². The quantitative estimate of drug-likeness (QED) is 0.833. The lowest BCUT2D eigenvalue weighted by molar-refractivity contribution is -0.130. The van der Waals surface area contributed by atoms with Gasteiger partial charge in [0.15, 0.2) is 0 Å². The fourth-order valence-electron chi connectivity index (χ4n) is 2.09. The van der Waals surface area contributed by atoms with Gasteiger partial charge < -0.3 is 9.64 Å². The van der Waals surface area contributed by atoms with Crippen LogP contribution in [0.25, 0.3) is 0 Å². The van der Waals surface area contributed by atoms with E-state index in [0.29, 0.717) is 31.0 Å². The van der Waals surface area contributed by atoms with E-state index in [1.54, 1.807) is 7.11 Å². The number of methoxy groups -OCH3 is 1. The second-order valence-electron chi connectivity index (χ2n) is 4.58. The number of benzene rings is 1. The summed E-state index contributed by atoms with van der Waals surface area (Å²) in [5.41, 5.74) is 1.13. The number of rotatable bonds is 4. The molecule has 104 valence electrons. The van der Waals surface area contributed by atoms with E-state index >= 15 is 0 Å². The summed E-state index contributed by atoms with van der Waals surface area (Å²) in [6.45, 7) is 1.27. The first-order valence-electron chi connectivity index (χ1n) is 6.45. The molecule has 1 aliphatic rings. The van der Waals surface area contributed by atoms with E-state index in [1.165, 1.54) is 0 Å². The maximum atomic E-state index is 12.0. The van der Waals surface area contributed by atoms with Crippen LogP contribution in [-0.4, -0.2) is 46.7 Å². The summed E-state index contributed by atoms with van der Waals surface area (Å²) in [4.78, 5) is 13.8. The van der Waals surface area contributed by atoms with E-state index < -0.39 is 10.8 Å².